The van der Waals surface area contributed by atoms with Gasteiger partial charge in [0.05, 0.1) is 0 Å². The Morgan fingerprint density at radius 1 is 1.05 bits per heavy atom. The summed E-state index contributed by atoms with van der Waals surface area (Å²) in [6, 6.07) is 13.9. The summed E-state index contributed by atoms with van der Waals surface area (Å²) in [6.07, 6.45) is 1.75. The second-order valence-corrected chi connectivity index (χ2v) is 5.29. The van der Waals surface area contributed by atoms with E-state index in [-0.39, 0.29) is 11.7 Å². The van der Waals surface area contributed by atoms with Crippen molar-refractivity contribution in [2.24, 2.45) is 0 Å². The van der Waals surface area contributed by atoms with E-state index < -0.39 is 0 Å². The molecule has 0 radical (unpaired) electrons. The van der Waals surface area contributed by atoms with Crippen molar-refractivity contribution in [3.8, 4) is 0 Å². The molecule has 4 heteroatoms. The minimum absolute atomic E-state index is 0.00125. The first-order valence-corrected chi connectivity index (χ1v) is 7.27. The number of carbonyl (C=O) groups is 1. The van der Waals surface area contributed by atoms with Crippen LogP contribution in [0.3, 0.4) is 0 Å². The molecule has 0 fully saturated rings. The molecular formula is C17H17ClFNO. The normalized spacial score (nSPS) is 10.4. The van der Waals surface area contributed by atoms with Crippen LogP contribution in [0.2, 0.25) is 5.02 Å². The Morgan fingerprint density at radius 2 is 1.81 bits per heavy atom. The zero-order valence-electron chi connectivity index (χ0n) is 11.6. The van der Waals surface area contributed by atoms with Crippen molar-refractivity contribution < 1.29 is 9.18 Å². The van der Waals surface area contributed by atoms with Crippen LogP contribution in [0.5, 0.6) is 0 Å². The molecule has 0 aliphatic heterocycles. The van der Waals surface area contributed by atoms with Crippen LogP contribution >= 0.6 is 11.6 Å². The highest BCUT2D eigenvalue weighted by Gasteiger charge is 2.02. The van der Waals surface area contributed by atoms with Gasteiger partial charge in [0.2, 0.25) is 5.91 Å². The van der Waals surface area contributed by atoms with Gasteiger partial charge in [0.15, 0.2) is 0 Å². The van der Waals surface area contributed by atoms with Crippen LogP contribution in [0, 0.1) is 5.82 Å². The fourth-order valence-corrected chi connectivity index (χ4v) is 2.16. The van der Waals surface area contributed by atoms with E-state index in [2.05, 4.69) is 5.32 Å². The van der Waals surface area contributed by atoms with E-state index in [1.54, 1.807) is 6.07 Å². The molecule has 2 nitrogen and oxygen atoms in total. The Morgan fingerprint density at radius 3 is 2.52 bits per heavy atom. The zero-order chi connectivity index (χ0) is 15.1. The molecule has 0 aliphatic carbocycles. The Labute approximate surface area is 128 Å². The third kappa shape index (κ3) is 5.56. The summed E-state index contributed by atoms with van der Waals surface area (Å²) in [5.74, 6) is -0.247. The molecule has 21 heavy (non-hydrogen) atoms. The molecule has 0 saturated carbocycles. The molecule has 0 unspecified atom stereocenters. The van der Waals surface area contributed by atoms with E-state index in [1.165, 1.54) is 12.1 Å². The number of carbonyl (C=O) groups excluding carboxylic acids is 1. The van der Waals surface area contributed by atoms with Gasteiger partial charge in [0, 0.05) is 18.0 Å². The van der Waals surface area contributed by atoms with E-state index in [0.717, 1.165) is 11.1 Å². The predicted octanol–water partition coefficient (Wildman–Crippen LogP) is 3.77. The fourth-order valence-electron chi connectivity index (χ4n) is 2.04. The maximum atomic E-state index is 13.0. The number of halogens is 2. The van der Waals surface area contributed by atoms with Gasteiger partial charge in [-0.3, -0.25) is 4.79 Å². The smallest absolute Gasteiger partial charge is 0.220 e. The van der Waals surface area contributed by atoms with Crippen LogP contribution in [0.1, 0.15) is 17.5 Å². The second-order valence-electron chi connectivity index (χ2n) is 4.86. The van der Waals surface area contributed by atoms with Crippen LogP contribution in [-0.4, -0.2) is 12.5 Å². The summed E-state index contributed by atoms with van der Waals surface area (Å²) >= 11 is 5.81. The first kappa shape index (κ1) is 15.5. The van der Waals surface area contributed by atoms with Crippen LogP contribution < -0.4 is 5.32 Å². The molecule has 0 bridgehead atoms. The van der Waals surface area contributed by atoms with Gasteiger partial charge >= 0.3 is 0 Å². The molecular weight excluding hydrogens is 289 g/mol. The van der Waals surface area contributed by atoms with Crippen LogP contribution in [0.4, 0.5) is 4.39 Å². The van der Waals surface area contributed by atoms with Crippen molar-refractivity contribution in [3.63, 3.8) is 0 Å². The van der Waals surface area contributed by atoms with Gasteiger partial charge < -0.3 is 5.32 Å². The molecule has 0 saturated heterocycles. The highest BCUT2D eigenvalue weighted by Crippen LogP contribution is 2.10. The molecule has 0 atom stereocenters. The van der Waals surface area contributed by atoms with Gasteiger partial charge in [0.25, 0.3) is 0 Å². The van der Waals surface area contributed by atoms with Gasteiger partial charge in [-0.2, -0.15) is 0 Å². The first-order chi connectivity index (χ1) is 10.1. The molecule has 2 rings (SSSR count). The Bertz CT molecular complexity index is 598. The van der Waals surface area contributed by atoms with E-state index in [4.69, 9.17) is 11.6 Å². The third-order valence-electron chi connectivity index (χ3n) is 3.18. The topological polar surface area (TPSA) is 29.1 Å². The maximum absolute atomic E-state index is 13.0. The molecule has 0 spiro atoms. The number of hydrogen-bond acceptors (Lipinski definition) is 1. The number of amides is 1. The Hall–Kier alpha value is -1.87. The average Bonchev–Trinajstić information content (AvgIpc) is 2.47. The van der Waals surface area contributed by atoms with Gasteiger partial charge in [-0.05, 0) is 48.2 Å². The third-order valence-corrected chi connectivity index (χ3v) is 3.43. The minimum Gasteiger partial charge on any atom is -0.356 e. The van der Waals surface area contributed by atoms with Gasteiger partial charge in [-0.15, -0.1) is 0 Å². The number of benzene rings is 2. The predicted molar refractivity (Wildman–Crippen MR) is 82.9 cm³/mol. The van der Waals surface area contributed by atoms with Gasteiger partial charge in [-0.1, -0.05) is 35.9 Å². The largest absolute Gasteiger partial charge is 0.356 e. The van der Waals surface area contributed by atoms with Crippen LogP contribution in [0.15, 0.2) is 48.5 Å². The molecule has 2 aromatic carbocycles. The summed E-state index contributed by atoms with van der Waals surface area (Å²) in [4.78, 5) is 11.7. The first-order valence-electron chi connectivity index (χ1n) is 6.89. The standard InChI is InChI=1S/C17H17ClFNO/c18-15-7-4-13(5-8-15)6-9-17(21)20-11-10-14-2-1-3-16(19)12-14/h1-5,7-8,12H,6,9-11H2,(H,20,21). The lowest BCUT2D eigenvalue weighted by Crippen LogP contribution is -2.25. The lowest BCUT2D eigenvalue weighted by atomic mass is 10.1. The monoisotopic (exact) mass is 305 g/mol. The number of hydrogen-bond donors (Lipinski definition) is 1. The number of rotatable bonds is 6. The van der Waals surface area contributed by atoms with Crippen molar-refractivity contribution in [3.05, 3.63) is 70.5 Å². The lowest BCUT2D eigenvalue weighted by molar-refractivity contribution is -0.121. The molecule has 0 aromatic heterocycles. The summed E-state index contributed by atoms with van der Waals surface area (Å²) in [5.41, 5.74) is 1.97. The van der Waals surface area contributed by atoms with Crippen molar-refractivity contribution in [1.82, 2.24) is 5.32 Å². The molecule has 2 aromatic rings. The summed E-state index contributed by atoms with van der Waals surface area (Å²) < 4.78 is 13.0. The maximum Gasteiger partial charge on any atom is 0.220 e. The molecule has 0 aliphatic rings. The van der Waals surface area contributed by atoms with Crippen LogP contribution in [-0.2, 0) is 17.6 Å². The average molecular weight is 306 g/mol. The van der Waals surface area contributed by atoms with E-state index >= 15 is 0 Å². The van der Waals surface area contributed by atoms with Crippen molar-refractivity contribution in [1.29, 1.82) is 0 Å². The fraction of sp³-hybridized carbons (Fsp3) is 0.235. The summed E-state index contributed by atoms with van der Waals surface area (Å²) in [7, 11) is 0. The quantitative estimate of drug-likeness (QED) is 0.865. The molecule has 0 heterocycles. The Balaban J connectivity index is 1.69. The molecule has 1 N–H and O–H groups in total. The van der Waals surface area contributed by atoms with Crippen molar-refractivity contribution in [2.75, 3.05) is 6.54 Å². The van der Waals surface area contributed by atoms with E-state index in [0.29, 0.717) is 30.8 Å². The SMILES string of the molecule is O=C(CCc1ccc(Cl)cc1)NCCc1cccc(F)c1. The highest BCUT2D eigenvalue weighted by atomic mass is 35.5. The summed E-state index contributed by atoms with van der Waals surface area (Å²) in [5, 5.41) is 3.54. The Kier molecular flexibility index (Phi) is 5.76. The number of nitrogens with one attached hydrogen (secondary N) is 1. The van der Waals surface area contributed by atoms with E-state index in [9.17, 15) is 9.18 Å². The van der Waals surface area contributed by atoms with Crippen LogP contribution in [0.25, 0.3) is 0 Å². The second kappa shape index (κ2) is 7.79. The van der Waals surface area contributed by atoms with Gasteiger partial charge in [-0.25, -0.2) is 4.39 Å². The van der Waals surface area contributed by atoms with Gasteiger partial charge in [0.1, 0.15) is 5.82 Å². The lowest BCUT2D eigenvalue weighted by Gasteiger charge is -2.06. The number of aryl methyl sites for hydroxylation is 1. The molecule has 110 valence electrons. The van der Waals surface area contributed by atoms with Crippen molar-refractivity contribution in [2.45, 2.75) is 19.3 Å². The minimum atomic E-state index is -0.249. The van der Waals surface area contributed by atoms with E-state index in [1.807, 2.05) is 30.3 Å². The zero-order valence-corrected chi connectivity index (χ0v) is 12.4. The summed E-state index contributed by atoms with van der Waals surface area (Å²) in [6.45, 7) is 0.517. The molecule has 1 amide bonds. The van der Waals surface area contributed by atoms with Crippen molar-refractivity contribution >= 4 is 17.5 Å². The highest BCUT2D eigenvalue weighted by molar-refractivity contribution is 6.30.